The third-order valence-electron chi connectivity index (χ3n) is 4.21. The summed E-state index contributed by atoms with van der Waals surface area (Å²) in [5.74, 6) is 0.880. The van der Waals surface area contributed by atoms with E-state index in [1.54, 1.807) is 41.1 Å². The van der Waals surface area contributed by atoms with Crippen LogP contribution in [0.2, 0.25) is 10.0 Å². The van der Waals surface area contributed by atoms with E-state index >= 15 is 0 Å². The summed E-state index contributed by atoms with van der Waals surface area (Å²) in [6.07, 6.45) is 0. The molecule has 28 heavy (non-hydrogen) atoms. The van der Waals surface area contributed by atoms with Gasteiger partial charge in [0.25, 0.3) is 5.91 Å². The summed E-state index contributed by atoms with van der Waals surface area (Å²) in [7, 11) is 3.00. The van der Waals surface area contributed by atoms with Crippen molar-refractivity contribution in [1.82, 2.24) is 9.78 Å². The molecule has 0 saturated heterocycles. The number of nitrogens with one attached hydrogen (secondary N) is 1. The lowest BCUT2D eigenvalue weighted by Gasteiger charge is -2.12. The Kier molecular flexibility index (Phi) is 6.11. The average Bonchev–Trinajstić information content (AvgIpc) is 3.01. The van der Waals surface area contributed by atoms with E-state index in [1.807, 2.05) is 13.0 Å². The molecule has 0 fully saturated rings. The molecule has 2 aromatic carbocycles. The van der Waals surface area contributed by atoms with Gasteiger partial charge in [0.2, 0.25) is 0 Å². The van der Waals surface area contributed by atoms with Gasteiger partial charge in [-0.3, -0.25) is 9.48 Å². The van der Waals surface area contributed by atoms with E-state index in [1.165, 1.54) is 14.2 Å². The summed E-state index contributed by atoms with van der Waals surface area (Å²) in [5, 5.41) is 8.39. The second kappa shape index (κ2) is 8.54. The highest BCUT2D eigenvalue weighted by Crippen LogP contribution is 2.29. The largest absolute Gasteiger partial charge is 0.496 e. The minimum atomic E-state index is -0.372. The summed E-state index contributed by atoms with van der Waals surface area (Å²) < 4.78 is 12.3. The number of aryl methyl sites for hydroxylation is 1. The first-order valence-electron chi connectivity index (χ1n) is 8.43. The molecule has 1 aromatic heterocycles. The number of halogens is 2. The second-order valence-electron chi connectivity index (χ2n) is 6.06. The Morgan fingerprint density at radius 3 is 2.39 bits per heavy atom. The molecule has 0 atom stereocenters. The van der Waals surface area contributed by atoms with Gasteiger partial charge in [0.05, 0.1) is 20.8 Å². The summed E-state index contributed by atoms with van der Waals surface area (Å²) >= 11 is 12.2. The van der Waals surface area contributed by atoms with Gasteiger partial charge in [0, 0.05) is 21.8 Å². The predicted octanol–water partition coefficient (Wildman–Crippen LogP) is 4.82. The van der Waals surface area contributed by atoms with Gasteiger partial charge in [-0.2, -0.15) is 5.10 Å². The average molecular weight is 420 g/mol. The van der Waals surface area contributed by atoms with Crippen molar-refractivity contribution in [2.45, 2.75) is 13.5 Å². The van der Waals surface area contributed by atoms with Gasteiger partial charge in [0.1, 0.15) is 17.1 Å². The lowest BCUT2D eigenvalue weighted by Crippen LogP contribution is -2.15. The number of rotatable bonds is 6. The van der Waals surface area contributed by atoms with E-state index in [0.29, 0.717) is 39.5 Å². The van der Waals surface area contributed by atoms with Crippen molar-refractivity contribution in [3.05, 3.63) is 69.3 Å². The topological polar surface area (TPSA) is 65.4 Å². The molecular weight excluding hydrogens is 401 g/mol. The summed E-state index contributed by atoms with van der Waals surface area (Å²) in [6.45, 7) is 2.35. The van der Waals surface area contributed by atoms with Crippen molar-refractivity contribution in [2.24, 2.45) is 0 Å². The molecule has 1 amide bonds. The zero-order chi connectivity index (χ0) is 20.3. The smallest absolute Gasteiger partial charge is 0.264 e. The minimum Gasteiger partial charge on any atom is -0.496 e. The van der Waals surface area contributed by atoms with Crippen molar-refractivity contribution in [1.29, 1.82) is 0 Å². The minimum absolute atomic E-state index is 0.306. The highest BCUT2D eigenvalue weighted by molar-refractivity contribution is 6.35. The van der Waals surface area contributed by atoms with Crippen LogP contribution in [-0.2, 0) is 6.54 Å². The Bertz CT molecular complexity index is 996. The maximum atomic E-state index is 12.8. The first-order valence-corrected chi connectivity index (χ1v) is 9.19. The lowest BCUT2D eigenvalue weighted by atomic mass is 10.1. The van der Waals surface area contributed by atoms with E-state index in [0.717, 1.165) is 11.3 Å². The molecule has 0 unspecified atom stereocenters. The monoisotopic (exact) mass is 419 g/mol. The van der Waals surface area contributed by atoms with Gasteiger partial charge in [-0.25, -0.2) is 0 Å². The van der Waals surface area contributed by atoms with Crippen LogP contribution in [0.25, 0.3) is 0 Å². The summed E-state index contributed by atoms with van der Waals surface area (Å²) in [5.41, 5.74) is 2.05. The van der Waals surface area contributed by atoms with Gasteiger partial charge in [-0.15, -0.1) is 0 Å². The number of methoxy groups -OCH3 is 2. The maximum Gasteiger partial charge on any atom is 0.264 e. The van der Waals surface area contributed by atoms with Crippen LogP contribution in [-0.4, -0.2) is 29.9 Å². The summed E-state index contributed by atoms with van der Waals surface area (Å²) in [6, 6.07) is 12.2. The quantitative estimate of drug-likeness (QED) is 0.621. The molecule has 1 heterocycles. The molecule has 146 valence electrons. The number of carbonyl (C=O) groups is 1. The Morgan fingerprint density at radius 2 is 1.79 bits per heavy atom. The van der Waals surface area contributed by atoms with Crippen LogP contribution in [0, 0.1) is 6.92 Å². The molecule has 0 aliphatic heterocycles. The third kappa shape index (κ3) is 4.24. The van der Waals surface area contributed by atoms with Gasteiger partial charge < -0.3 is 14.8 Å². The van der Waals surface area contributed by atoms with Crippen molar-refractivity contribution >= 4 is 34.9 Å². The van der Waals surface area contributed by atoms with E-state index < -0.39 is 0 Å². The highest BCUT2D eigenvalue weighted by Gasteiger charge is 2.19. The number of hydrogen-bond donors (Lipinski definition) is 1. The molecule has 0 aliphatic rings. The number of amides is 1. The van der Waals surface area contributed by atoms with E-state index in [-0.39, 0.29) is 5.91 Å². The van der Waals surface area contributed by atoms with E-state index in [4.69, 9.17) is 32.7 Å². The standard InChI is InChI=1S/C20H19Cl2N3O3/c1-12-9-18(24-25(12)11-13-7-8-14(21)10-15(13)22)23-20(26)19-16(27-2)5-4-6-17(19)28-3/h4-10H,11H2,1-3H3,(H,23,24,26). The molecule has 1 N–H and O–H groups in total. The molecule has 6 nitrogen and oxygen atoms in total. The number of hydrogen-bond acceptors (Lipinski definition) is 4. The Morgan fingerprint density at radius 1 is 1.11 bits per heavy atom. The van der Waals surface area contributed by atoms with Gasteiger partial charge >= 0.3 is 0 Å². The SMILES string of the molecule is COc1cccc(OC)c1C(=O)Nc1cc(C)n(Cc2ccc(Cl)cc2Cl)n1. The van der Waals surface area contributed by atoms with Crippen LogP contribution in [0.15, 0.2) is 42.5 Å². The molecular formula is C20H19Cl2N3O3. The Labute approximate surface area is 173 Å². The van der Waals surface area contributed by atoms with Crippen molar-refractivity contribution in [3.8, 4) is 11.5 Å². The van der Waals surface area contributed by atoms with Crippen molar-refractivity contribution in [2.75, 3.05) is 19.5 Å². The molecule has 3 rings (SSSR count). The van der Waals surface area contributed by atoms with Gasteiger partial charge in [-0.05, 0) is 36.8 Å². The van der Waals surface area contributed by atoms with Gasteiger partial charge in [-0.1, -0.05) is 35.3 Å². The third-order valence-corrected chi connectivity index (χ3v) is 4.80. The first-order chi connectivity index (χ1) is 13.4. The Hall–Kier alpha value is -2.70. The Balaban J connectivity index is 1.83. The number of carbonyl (C=O) groups excluding carboxylic acids is 1. The maximum absolute atomic E-state index is 12.8. The number of anilines is 1. The molecule has 0 spiro atoms. The predicted molar refractivity (Wildman–Crippen MR) is 110 cm³/mol. The lowest BCUT2D eigenvalue weighted by molar-refractivity contribution is 0.102. The van der Waals surface area contributed by atoms with E-state index in [9.17, 15) is 4.79 Å². The molecule has 8 heteroatoms. The normalized spacial score (nSPS) is 10.6. The molecule has 0 bridgehead atoms. The fraction of sp³-hybridized carbons (Fsp3) is 0.200. The van der Waals surface area contributed by atoms with Crippen LogP contribution in [0.3, 0.4) is 0 Å². The van der Waals surface area contributed by atoms with Crippen molar-refractivity contribution in [3.63, 3.8) is 0 Å². The van der Waals surface area contributed by atoms with Crippen LogP contribution in [0.1, 0.15) is 21.6 Å². The van der Waals surface area contributed by atoms with Crippen LogP contribution < -0.4 is 14.8 Å². The number of ether oxygens (including phenoxy) is 2. The number of nitrogens with zero attached hydrogens (tertiary/aromatic N) is 2. The van der Waals surface area contributed by atoms with Crippen LogP contribution >= 0.6 is 23.2 Å². The zero-order valence-corrected chi connectivity index (χ0v) is 17.1. The van der Waals surface area contributed by atoms with Crippen LogP contribution in [0.5, 0.6) is 11.5 Å². The molecule has 0 saturated carbocycles. The second-order valence-corrected chi connectivity index (χ2v) is 6.90. The molecule has 0 aliphatic carbocycles. The fourth-order valence-electron chi connectivity index (χ4n) is 2.80. The number of aromatic nitrogens is 2. The number of benzene rings is 2. The summed E-state index contributed by atoms with van der Waals surface area (Å²) in [4.78, 5) is 12.8. The highest BCUT2D eigenvalue weighted by atomic mass is 35.5. The molecule has 3 aromatic rings. The zero-order valence-electron chi connectivity index (χ0n) is 15.6. The van der Waals surface area contributed by atoms with E-state index in [2.05, 4.69) is 10.4 Å². The molecule has 0 radical (unpaired) electrons. The van der Waals surface area contributed by atoms with Gasteiger partial charge in [0.15, 0.2) is 5.82 Å². The van der Waals surface area contributed by atoms with Crippen molar-refractivity contribution < 1.29 is 14.3 Å². The van der Waals surface area contributed by atoms with Crippen LogP contribution in [0.4, 0.5) is 5.82 Å². The fourth-order valence-corrected chi connectivity index (χ4v) is 3.26. The first kappa shape index (κ1) is 20.0.